The van der Waals surface area contributed by atoms with Gasteiger partial charge in [-0.1, -0.05) is 12.1 Å². The molecule has 26 heavy (non-hydrogen) atoms. The number of amides is 2. The highest BCUT2D eigenvalue weighted by atomic mass is 35.5. The van der Waals surface area contributed by atoms with Crippen molar-refractivity contribution < 1.29 is 14.3 Å². The van der Waals surface area contributed by atoms with Crippen molar-refractivity contribution in [3.8, 4) is 5.75 Å². The SMILES string of the molecule is COc1ccccc1NC(=O)C1CCN(C(=O)CNCC2CC2)CC1.Cl. The molecule has 1 saturated carbocycles. The van der Waals surface area contributed by atoms with Crippen LogP contribution in [-0.4, -0.2) is 50.0 Å². The van der Waals surface area contributed by atoms with Crippen LogP contribution < -0.4 is 15.4 Å². The molecule has 1 saturated heterocycles. The molecular weight excluding hydrogens is 354 g/mol. The molecule has 6 nitrogen and oxygen atoms in total. The van der Waals surface area contributed by atoms with Crippen LogP contribution in [0.15, 0.2) is 24.3 Å². The lowest BCUT2D eigenvalue weighted by molar-refractivity contribution is -0.133. The van der Waals surface area contributed by atoms with Gasteiger partial charge in [-0.05, 0) is 50.3 Å². The maximum atomic E-state index is 12.5. The van der Waals surface area contributed by atoms with Gasteiger partial charge < -0.3 is 20.3 Å². The lowest BCUT2D eigenvalue weighted by Crippen LogP contribution is -2.45. The molecular formula is C19H28ClN3O3. The molecule has 0 radical (unpaired) electrons. The third kappa shape index (κ3) is 5.61. The molecule has 2 fully saturated rings. The second kappa shape index (κ2) is 9.78. The molecule has 1 aromatic rings. The lowest BCUT2D eigenvalue weighted by Gasteiger charge is -2.31. The number of carbonyl (C=O) groups is 2. The van der Waals surface area contributed by atoms with E-state index in [-0.39, 0.29) is 30.1 Å². The van der Waals surface area contributed by atoms with Crippen molar-refractivity contribution >= 4 is 29.9 Å². The van der Waals surface area contributed by atoms with Crippen LogP contribution in [0.3, 0.4) is 0 Å². The van der Waals surface area contributed by atoms with Crippen LogP contribution in [-0.2, 0) is 9.59 Å². The number of hydrogen-bond acceptors (Lipinski definition) is 4. The fourth-order valence-electron chi connectivity index (χ4n) is 3.19. The molecule has 2 amide bonds. The van der Waals surface area contributed by atoms with Crippen LogP contribution in [0.25, 0.3) is 0 Å². The zero-order chi connectivity index (χ0) is 17.6. The van der Waals surface area contributed by atoms with Gasteiger partial charge in [-0.15, -0.1) is 12.4 Å². The zero-order valence-electron chi connectivity index (χ0n) is 15.2. The summed E-state index contributed by atoms with van der Waals surface area (Å²) < 4.78 is 5.27. The maximum absolute atomic E-state index is 12.5. The minimum absolute atomic E-state index is 0. The maximum Gasteiger partial charge on any atom is 0.236 e. The number of rotatable bonds is 7. The minimum atomic E-state index is -0.0617. The van der Waals surface area contributed by atoms with Gasteiger partial charge in [0.05, 0.1) is 19.3 Å². The van der Waals surface area contributed by atoms with Crippen LogP contribution >= 0.6 is 12.4 Å². The average molecular weight is 382 g/mol. The molecule has 2 N–H and O–H groups in total. The van der Waals surface area contributed by atoms with Gasteiger partial charge in [0.1, 0.15) is 5.75 Å². The number of piperidine rings is 1. The molecule has 0 bridgehead atoms. The Kier molecular flexibility index (Phi) is 7.72. The summed E-state index contributed by atoms with van der Waals surface area (Å²) in [7, 11) is 1.59. The van der Waals surface area contributed by atoms with Gasteiger partial charge in [0.2, 0.25) is 11.8 Å². The van der Waals surface area contributed by atoms with E-state index >= 15 is 0 Å². The fourth-order valence-corrected chi connectivity index (χ4v) is 3.19. The van der Waals surface area contributed by atoms with Crippen LogP contribution in [0.5, 0.6) is 5.75 Å². The number of nitrogens with one attached hydrogen (secondary N) is 2. The molecule has 7 heteroatoms. The molecule has 1 heterocycles. The first-order valence-electron chi connectivity index (χ1n) is 9.09. The number of halogens is 1. The normalized spacial score (nSPS) is 17.3. The smallest absolute Gasteiger partial charge is 0.236 e. The van der Waals surface area contributed by atoms with Crippen molar-refractivity contribution in [1.82, 2.24) is 10.2 Å². The van der Waals surface area contributed by atoms with E-state index in [4.69, 9.17) is 4.74 Å². The number of benzene rings is 1. The van der Waals surface area contributed by atoms with Crippen LogP contribution in [0.4, 0.5) is 5.69 Å². The first-order valence-corrected chi connectivity index (χ1v) is 9.09. The van der Waals surface area contributed by atoms with Gasteiger partial charge in [-0.2, -0.15) is 0 Å². The molecule has 0 atom stereocenters. The van der Waals surface area contributed by atoms with Crippen molar-refractivity contribution in [3.63, 3.8) is 0 Å². The van der Waals surface area contributed by atoms with Gasteiger partial charge in [-0.25, -0.2) is 0 Å². The molecule has 1 aliphatic carbocycles. The molecule has 1 aliphatic heterocycles. The van der Waals surface area contributed by atoms with Crippen molar-refractivity contribution in [3.05, 3.63) is 24.3 Å². The minimum Gasteiger partial charge on any atom is -0.495 e. The summed E-state index contributed by atoms with van der Waals surface area (Å²) in [5, 5.41) is 6.19. The van der Waals surface area contributed by atoms with Crippen molar-refractivity contribution in [1.29, 1.82) is 0 Å². The topological polar surface area (TPSA) is 70.7 Å². The molecule has 0 aromatic heterocycles. The quantitative estimate of drug-likeness (QED) is 0.760. The molecule has 0 spiro atoms. The Bertz CT molecular complexity index is 614. The summed E-state index contributed by atoms with van der Waals surface area (Å²) in [5.41, 5.74) is 0.692. The second-order valence-corrected chi connectivity index (χ2v) is 6.92. The molecule has 2 aliphatic rings. The number of anilines is 1. The fraction of sp³-hybridized carbons (Fsp3) is 0.579. The van der Waals surface area contributed by atoms with Crippen molar-refractivity contribution in [2.24, 2.45) is 11.8 Å². The van der Waals surface area contributed by atoms with Gasteiger partial charge >= 0.3 is 0 Å². The zero-order valence-corrected chi connectivity index (χ0v) is 16.0. The Morgan fingerprint density at radius 1 is 1.15 bits per heavy atom. The van der Waals surface area contributed by atoms with E-state index in [1.807, 2.05) is 29.2 Å². The summed E-state index contributed by atoms with van der Waals surface area (Å²) >= 11 is 0. The molecule has 144 valence electrons. The third-order valence-corrected chi connectivity index (χ3v) is 4.99. The van der Waals surface area contributed by atoms with Crippen LogP contribution in [0.1, 0.15) is 25.7 Å². The summed E-state index contributed by atoms with van der Waals surface area (Å²) in [5.74, 6) is 1.52. The number of likely N-dealkylation sites (tertiary alicyclic amines) is 1. The highest BCUT2D eigenvalue weighted by Crippen LogP contribution is 2.27. The predicted molar refractivity (Wildman–Crippen MR) is 104 cm³/mol. The highest BCUT2D eigenvalue weighted by Gasteiger charge is 2.28. The first kappa shape index (κ1) is 20.5. The van der Waals surface area contributed by atoms with E-state index in [0.717, 1.165) is 12.5 Å². The Labute approximate surface area is 161 Å². The van der Waals surface area contributed by atoms with E-state index < -0.39 is 0 Å². The number of carbonyl (C=O) groups excluding carboxylic acids is 2. The second-order valence-electron chi connectivity index (χ2n) is 6.92. The van der Waals surface area contributed by atoms with Gasteiger partial charge in [0.25, 0.3) is 0 Å². The van der Waals surface area contributed by atoms with E-state index in [0.29, 0.717) is 43.9 Å². The van der Waals surface area contributed by atoms with E-state index in [1.54, 1.807) is 7.11 Å². The number of methoxy groups -OCH3 is 1. The number of hydrogen-bond donors (Lipinski definition) is 2. The van der Waals surface area contributed by atoms with E-state index in [2.05, 4.69) is 10.6 Å². The summed E-state index contributed by atoms with van der Waals surface area (Å²) in [4.78, 5) is 26.5. The molecule has 3 rings (SSSR count). The predicted octanol–water partition coefficient (Wildman–Crippen LogP) is 2.29. The number of nitrogens with zero attached hydrogens (tertiary/aromatic N) is 1. The summed E-state index contributed by atoms with van der Waals surface area (Å²) in [6, 6.07) is 7.40. The Morgan fingerprint density at radius 3 is 2.50 bits per heavy atom. The standard InChI is InChI=1S/C19H27N3O3.ClH/c1-25-17-5-3-2-4-16(17)21-19(24)15-8-10-22(11-9-15)18(23)13-20-12-14-6-7-14;/h2-5,14-15,20H,6-13H2,1H3,(H,21,24);1H. The lowest BCUT2D eigenvalue weighted by atomic mass is 9.95. The summed E-state index contributed by atoms with van der Waals surface area (Å²) in [6.07, 6.45) is 3.98. The summed E-state index contributed by atoms with van der Waals surface area (Å²) in [6.45, 7) is 2.65. The van der Waals surface area contributed by atoms with Crippen molar-refractivity contribution in [2.75, 3.05) is 38.6 Å². The van der Waals surface area contributed by atoms with Crippen LogP contribution in [0, 0.1) is 11.8 Å². The monoisotopic (exact) mass is 381 g/mol. The van der Waals surface area contributed by atoms with E-state index in [1.165, 1.54) is 12.8 Å². The Balaban J connectivity index is 0.00000243. The van der Waals surface area contributed by atoms with Gasteiger partial charge in [-0.3, -0.25) is 9.59 Å². The molecule has 1 aromatic carbocycles. The average Bonchev–Trinajstić information content (AvgIpc) is 3.46. The number of ether oxygens (including phenoxy) is 1. The largest absolute Gasteiger partial charge is 0.495 e. The third-order valence-electron chi connectivity index (χ3n) is 4.99. The van der Waals surface area contributed by atoms with Crippen molar-refractivity contribution in [2.45, 2.75) is 25.7 Å². The van der Waals surface area contributed by atoms with Gasteiger partial charge in [0.15, 0.2) is 0 Å². The highest BCUT2D eigenvalue weighted by molar-refractivity contribution is 5.94. The Hall–Kier alpha value is -1.79. The van der Waals surface area contributed by atoms with Gasteiger partial charge in [0, 0.05) is 19.0 Å². The number of para-hydroxylation sites is 2. The Morgan fingerprint density at radius 2 is 1.85 bits per heavy atom. The first-order chi connectivity index (χ1) is 12.2. The molecule has 0 unspecified atom stereocenters. The van der Waals surface area contributed by atoms with E-state index in [9.17, 15) is 9.59 Å². The van der Waals surface area contributed by atoms with Crippen LogP contribution in [0.2, 0.25) is 0 Å².